The average Bonchev–Trinajstić information content (AvgIpc) is 3.09. The van der Waals surface area contributed by atoms with E-state index in [1.807, 2.05) is 0 Å². The minimum Gasteiger partial charge on any atom is -0.492 e. The molecular weight excluding hydrogens is 403 g/mol. The Labute approximate surface area is 175 Å². The molecule has 30 heavy (non-hydrogen) atoms. The second-order valence-electron chi connectivity index (χ2n) is 7.16. The number of methoxy groups -OCH3 is 1. The summed E-state index contributed by atoms with van der Waals surface area (Å²) in [6, 6.07) is 5.14. The van der Waals surface area contributed by atoms with Crippen LogP contribution in [0, 0.1) is 0 Å². The molecule has 0 saturated carbocycles. The van der Waals surface area contributed by atoms with Gasteiger partial charge in [0, 0.05) is 37.5 Å². The van der Waals surface area contributed by atoms with Gasteiger partial charge in [-0.1, -0.05) is 6.92 Å². The van der Waals surface area contributed by atoms with Gasteiger partial charge in [-0.25, -0.2) is 9.97 Å². The highest BCUT2D eigenvalue weighted by Crippen LogP contribution is 2.39. The van der Waals surface area contributed by atoms with Gasteiger partial charge in [0.2, 0.25) is 0 Å². The van der Waals surface area contributed by atoms with E-state index in [9.17, 15) is 9.36 Å². The van der Waals surface area contributed by atoms with E-state index in [-0.39, 0.29) is 11.6 Å². The van der Waals surface area contributed by atoms with E-state index in [0.29, 0.717) is 45.9 Å². The summed E-state index contributed by atoms with van der Waals surface area (Å²) in [6.45, 7) is 5.18. The van der Waals surface area contributed by atoms with Gasteiger partial charge in [0.15, 0.2) is 17.4 Å². The number of ketones is 1. The molecule has 0 atom stereocenters. The summed E-state index contributed by atoms with van der Waals surface area (Å²) >= 11 is 0. The maximum Gasteiger partial charge on any atom is 0.173 e. The van der Waals surface area contributed by atoms with Gasteiger partial charge in [0.25, 0.3) is 0 Å². The Morgan fingerprint density at radius 1 is 1.30 bits per heavy atom. The van der Waals surface area contributed by atoms with Crippen LogP contribution in [-0.4, -0.2) is 46.0 Å². The lowest BCUT2D eigenvalue weighted by Gasteiger charge is -2.15. The molecule has 9 nitrogen and oxygen atoms in total. The molecule has 0 bridgehead atoms. The fourth-order valence-electron chi connectivity index (χ4n) is 3.15. The normalized spacial score (nSPS) is 11.4. The number of aryl methyl sites for hydroxylation is 1. The molecule has 0 radical (unpaired) electrons. The number of hydrogen-bond donors (Lipinski definition) is 2. The monoisotopic (exact) mass is 428 g/mol. The minimum atomic E-state index is -2.50. The molecule has 3 aromatic rings. The van der Waals surface area contributed by atoms with Crippen molar-refractivity contribution in [3.05, 3.63) is 36.2 Å². The zero-order chi connectivity index (χ0) is 22.1. The van der Waals surface area contributed by atoms with Gasteiger partial charge in [-0.05, 0) is 25.5 Å². The smallest absolute Gasteiger partial charge is 0.173 e. The molecule has 0 aliphatic heterocycles. The fraction of sp³-hybridized carbons (Fsp3) is 0.300. The molecule has 0 aliphatic carbocycles. The lowest BCUT2D eigenvalue weighted by Crippen LogP contribution is -2.13. The number of carbonyl (C=O) groups is 1. The lowest BCUT2D eigenvalue weighted by molar-refractivity contribution is 0.0988. The first-order valence-corrected chi connectivity index (χ1v) is 11.9. The Kier molecular flexibility index (Phi) is 5.94. The predicted molar refractivity (Wildman–Crippen MR) is 119 cm³/mol. The van der Waals surface area contributed by atoms with Crippen molar-refractivity contribution in [3.63, 3.8) is 0 Å². The Morgan fingerprint density at radius 2 is 2.03 bits per heavy atom. The summed E-state index contributed by atoms with van der Waals surface area (Å²) in [5.74, 6) is 1.04. The Bertz CT molecular complexity index is 1150. The van der Waals surface area contributed by atoms with Crippen LogP contribution in [0.3, 0.4) is 0 Å². The van der Waals surface area contributed by atoms with Crippen molar-refractivity contribution >= 4 is 35.7 Å². The largest absolute Gasteiger partial charge is 0.492 e. The van der Waals surface area contributed by atoms with Crippen LogP contribution in [0.1, 0.15) is 23.7 Å². The van der Waals surface area contributed by atoms with Gasteiger partial charge in [0.1, 0.15) is 13.0 Å². The molecule has 0 fully saturated rings. The van der Waals surface area contributed by atoms with Gasteiger partial charge in [-0.3, -0.25) is 9.48 Å². The first-order chi connectivity index (χ1) is 14.2. The number of aromatic nitrogens is 4. The number of nitrogens with one attached hydrogen (secondary N) is 1. The summed E-state index contributed by atoms with van der Waals surface area (Å²) < 4.78 is 19.8. The third-order valence-corrected chi connectivity index (χ3v) is 6.11. The summed E-state index contributed by atoms with van der Waals surface area (Å²) in [6.07, 6.45) is 3.39. The first kappa shape index (κ1) is 21.5. The number of nitrogens with two attached hydrogens (primary N) is 1. The van der Waals surface area contributed by atoms with Crippen LogP contribution in [0.2, 0.25) is 0 Å². The fourth-order valence-corrected chi connectivity index (χ4v) is 4.33. The molecule has 3 aromatic heterocycles. The predicted octanol–water partition coefficient (Wildman–Crippen LogP) is 3.05. The standard InChI is InChI=1S/C20H25N6O3P/c1-6-16(27)13-11-23-17(21)9-14(13)24-20-19(29-3)12(7-8-22-20)15-10-18(26(2)25-15)30(4,5)28/h7-11H,6H2,1-5H3,(H3,21,22,23,24). The summed E-state index contributed by atoms with van der Waals surface area (Å²) in [4.78, 5) is 20.7. The van der Waals surface area contributed by atoms with Gasteiger partial charge in [-0.15, -0.1) is 0 Å². The average molecular weight is 428 g/mol. The molecule has 0 aliphatic rings. The van der Waals surface area contributed by atoms with Crippen molar-refractivity contribution in [1.82, 2.24) is 19.7 Å². The molecule has 0 aromatic carbocycles. The Balaban J connectivity index is 2.10. The number of nitrogens with zero attached hydrogens (tertiary/aromatic N) is 4. The van der Waals surface area contributed by atoms with Crippen LogP contribution in [0.4, 0.5) is 17.3 Å². The van der Waals surface area contributed by atoms with E-state index in [2.05, 4.69) is 20.4 Å². The summed E-state index contributed by atoms with van der Waals surface area (Å²) in [5.41, 5.74) is 8.67. The van der Waals surface area contributed by atoms with Crippen LogP contribution < -0.4 is 21.2 Å². The third-order valence-electron chi connectivity index (χ3n) is 4.59. The van der Waals surface area contributed by atoms with Gasteiger partial charge in [-0.2, -0.15) is 5.10 Å². The lowest BCUT2D eigenvalue weighted by atomic mass is 10.1. The highest BCUT2D eigenvalue weighted by molar-refractivity contribution is 7.69. The zero-order valence-corrected chi connectivity index (χ0v) is 18.5. The van der Waals surface area contributed by atoms with Crippen LogP contribution in [0.15, 0.2) is 30.6 Å². The Morgan fingerprint density at radius 3 is 2.63 bits per heavy atom. The van der Waals surface area contributed by atoms with Crippen molar-refractivity contribution in [2.45, 2.75) is 13.3 Å². The van der Waals surface area contributed by atoms with E-state index in [0.717, 1.165) is 0 Å². The van der Waals surface area contributed by atoms with E-state index >= 15 is 0 Å². The number of Topliss-reactive ketones (excluding diaryl/α,β-unsaturated/α-hetero) is 1. The number of rotatable bonds is 7. The first-order valence-electron chi connectivity index (χ1n) is 9.34. The molecule has 3 heterocycles. The van der Waals surface area contributed by atoms with Crippen molar-refractivity contribution < 1.29 is 14.1 Å². The molecule has 158 valence electrons. The molecule has 0 saturated heterocycles. The molecular formula is C20H25N6O3P. The highest BCUT2D eigenvalue weighted by Gasteiger charge is 2.22. The second kappa shape index (κ2) is 8.28. The minimum absolute atomic E-state index is 0.0730. The van der Waals surface area contributed by atoms with Gasteiger partial charge < -0.3 is 20.4 Å². The quantitative estimate of drug-likeness (QED) is 0.435. The van der Waals surface area contributed by atoms with Crippen LogP contribution in [0.25, 0.3) is 11.3 Å². The highest BCUT2D eigenvalue weighted by atomic mass is 31.2. The summed E-state index contributed by atoms with van der Waals surface area (Å²) in [7, 11) is 0.782. The van der Waals surface area contributed by atoms with E-state index in [4.69, 9.17) is 10.5 Å². The van der Waals surface area contributed by atoms with Crippen LogP contribution in [-0.2, 0) is 11.6 Å². The topological polar surface area (TPSA) is 125 Å². The van der Waals surface area contributed by atoms with E-state index in [1.165, 1.54) is 13.3 Å². The maximum absolute atomic E-state index is 12.5. The molecule has 3 rings (SSSR count). The zero-order valence-electron chi connectivity index (χ0n) is 17.6. The third kappa shape index (κ3) is 4.21. The van der Waals surface area contributed by atoms with E-state index in [1.54, 1.807) is 56.4 Å². The number of nitrogen functional groups attached to an aromatic ring is 1. The maximum atomic E-state index is 12.5. The SMILES string of the molecule is CCC(=O)c1cnc(N)cc1Nc1nccc(-c2cc(P(C)(C)=O)n(C)n2)c1OC. The molecule has 0 amide bonds. The molecule has 0 unspecified atom stereocenters. The van der Waals surface area contributed by atoms with Gasteiger partial charge >= 0.3 is 0 Å². The number of anilines is 3. The number of ether oxygens (including phenoxy) is 1. The number of carbonyl (C=O) groups excluding carboxylic acids is 1. The summed E-state index contributed by atoms with van der Waals surface area (Å²) in [5, 5.41) is 7.65. The molecule has 10 heteroatoms. The van der Waals surface area contributed by atoms with Crippen LogP contribution >= 0.6 is 7.14 Å². The second-order valence-corrected chi connectivity index (χ2v) is 10.3. The van der Waals surface area contributed by atoms with Crippen molar-refractivity contribution in [1.29, 1.82) is 0 Å². The van der Waals surface area contributed by atoms with Crippen molar-refractivity contribution in [2.75, 3.05) is 31.5 Å². The number of pyridine rings is 2. The molecule has 0 spiro atoms. The van der Waals surface area contributed by atoms with Gasteiger partial charge in [0.05, 0.1) is 29.5 Å². The Hall–Kier alpha value is -3.19. The van der Waals surface area contributed by atoms with Crippen molar-refractivity contribution in [2.24, 2.45) is 7.05 Å². The van der Waals surface area contributed by atoms with E-state index < -0.39 is 7.14 Å². The van der Waals surface area contributed by atoms with Crippen LogP contribution in [0.5, 0.6) is 5.75 Å². The molecule has 3 N–H and O–H groups in total. The van der Waals surface area contributed by atoms with Crippen molar-refractivity contribution in [3.8, 4) is 17.0 Å². The number of hydrogen-bond acceptors (Lipinski definition) is 8.